The topological polar surface area (TPSA) is 33.0 Å². The van der Waals surface area contributed by atoms with Gasteiger partial charge < -0.3 is 4.74 Å². The van der Waals surface area contributed by atoms with Gasteiger partial charge in [0, 0.05) is 0 Å². The van der Waals surface area contributed by atoms with Crippen LogP contribution in [0.25, 0.3) is 0 Å². The molecule has 3 heteroatoms. The molecule has 0 radical (unpaired) electrons. The fourth-order valence-electron chi connectivity index (χ4n) is 0.980. The van der Waals surface area contributed by atoms with Gasteiger partial charge in [-0.25, -0.2) is 4.39 Å². The van der Waals surface area contributed by atoms with Gasteiger partial charge in [-0.2, -0.15) is 5.26 Å². The summed E-state index contributed by atoms with van der Waals surface area (Å²) in [4.78, 5) is 0. The third kappa shape index (κ3) is 1.37. The van der Waals surface area contributed by atoms with Crippen molar-refractivity contribution in [3.8, 4) is 11.8 Å². The second kappa shape index (κ2) is 3.22. The second-order valence-electron chi connectivity index (χ2n) is 2.44. The van der Waals surface area contributed by atoms with Crippen molar-refractivity contribution >= 4 is 0 Å². The molecule has 1 aromatic rings. The Morgan fingerprint density at radius 1 is 1.50 bits per heavy atom. The van der Waals surface area contributed by atoms with Crippen LogP contribution >= 0.6 is 0 Å². The van der Waals surface area contributed by atoms with E-state index in [2.05, 4.69) is 0 Å². The van der Waals surface area contributed by atoms with Crippen molar-refractivity contribution in [1.82, 2.24) is 0 Å². The van der Waals surface area contributed by atoms with Crippen molar-refractivity contribution < 1.29 is 9.13 Å². The van der Waals surface area contributed by atoms with Crippen LogP contribution in [-0.2, 0) is 0 Å². The van der Waals surface area contributed by atoms with Gasteiger partial charge in [-0.1, -0.05) is 0 Å². The number of benzene rings is 1. The van der Waals surface area contributed by atoms with Crippen LogP contribution in [0, 0.1) is 24.1 Å². The SMILES string of the molecule is COc1cc(C)cc(F)c1C#N. The highest BCUT2D eigenvalue weighted by atomic mass is 19.1. The quantitative estimate of drug-likeness (QED) is 0.637. The molecular weight excluding hydrogens is 157 g/mol. The zero-order valence-electron chi connectivity index (χ0n) is 6.89. The molecule has 0 aliphatic carbocycles. The number of ether oxygens (including phenoxy) is 1. The Morgan fingerprint density at radius 2 is 2.17 bits per heavy atom. The van der Waals surface area contributed by atoms with Gasteiger partial charge in [0.25, 0.3) is 0 Å². The van der Waals surface area contributed by atoms with E-state index < -0.39 is 5.82 Å². The molecule has 12 heavy (non-hydrogen) atoms. The van der Waals surface area contributed by atoms with Gasteiger partial charge >= 0.3 is 0 Å². The van der Waals surface area contributed by atoms with Gasteiger partial charge in [-0.3, -0.25) is 0 Å². The molecule has 0 saturated carbocycles. The molecule has 0 atom stereocenters. The minimum Gasteiger partial charge on any atom is -0.495 e. The number of rotatable bonds is 1. The number of hydrogen-bond donors (Lipinski definition) is 0. The number of nitriles is 1. The van der Waals surface area contributed by atoms with Crippen LogP contribution in [0.5, 0.6) is 5.75 Å². The molecule has 0 aromatic heterocycles. The highest BCUT2D eigenvalue weighted by Crippen LogP contribution is 2.21. The lowest BCUT2D eigenvalue weighted by molar-refractivity contribution is 0.409. The van der Waals surface area contributed by atoms with Crippen molar-refractivity contribution in [1.29, 1.82) is 5.26 Å². The van der Waals surface area contributed by atoms with Crippen LogP contribution < -0.4 is 4.74 Å². The summed E-state index contributed by atoms with van der Waals surface area (Å²) in [6, 6.07) is 4.68. The van der Waals surface area contributed by atoms with Crippen LogP contribution in [0.3, 0.4) is 0 Å². The van der Waals surface area contributed by atoms with Crippen LogP contribution in [0.1, 0.15) is 11.1 Å². The first-order valence-electron chi connectivity index (χ1n) is 3.43. The number of nitrogens with zero attached hydrogens (tertiary/aromatic N) is 1. The van der Waals surface area contributed by atoms with Gasteiger partial charge in [0.1, 0.15) is 23.2 Å². The molecule has 0 bridgehead atoms. The number of aryl methyl sites for hydroxylation is 1. The van der Waals surface area contributed by atoms with Crippen molar-refractivity contribution in [3.63, 3.8) is 0 Å². The van der Waals surface area contributed by atoms with Gasteiger partial charge in [0.2, 0.25) is 0 Å². The summed E-state index contributed by atoms with van der Waals surface area (Å²) in [6.07, 6.45) is 0. The minimum atomic E-state index is -0.533. The molecule has 0 N–H and O–H groups in total. The molecule has 0 unspecified atom stereocenters. The molecule has 0 spiro atoms. The van der Waals surface area contributed by atoms with E-state index >= 15 is 0 Å². The molecule has 0 aliphatic rings. The molecule has 0 heterocycles. The summed E-state index contributed by atoms with van der Waals surface area (Å²) in [7, 11) is 1.41. The van der Waals surface area contributed by atoms with E-state index in [0.717, 1.165) is 5.56 Å². The first-order chi connectivity index (χ1) is 5.69. The Morgan fingerprint density at radius 3 is 2.67 bits per heavy atom. The lowest BCUT2D eigenvalue weighted by Crippen LogP contribution is -1.92. The largest absolute Gasteiger partial charge is 0.495 e. The number of methoxy groups -OCH3 is 1. The maximum absolute atomic E-state index is 13.0. The van der Waals surface area contributed by atoms with E-state index in [0.29, 0.717) is 0 Å². The van der Waals surface area contributed by atoms with Gasteiger partial charge in [-0.15, -0.1) is 0 Å². The first-order valence-corrected chi connectivity index (χ1v) is 3.43. The fraction of sp³-hybridized carbons (Fsp3) is 0.222. The lowest BCUT2D eigenvalue weighted by atomic mass is 10.1. The zero-order chi connectivity index (χ0) is 9.14. The molecule has 0 aliphatic heterocycles. The Hall–Kier alpha value is -1.56. The van der Waals surface area contributed by atoms with Crippen LogP contribution in [-0.4, -0.2) is 7.11 Å². The molecule has 62 valence electrons. The van der Waals surface area contributed by atoms with Crippen LogP contribution in [0.4, 0.5) is 4.39 Å². The normalized spacial score (nSPS) is 9.17. The maximum atomic E-state index is 13.0. The van der Waals surface area contributed by atoms with E-state index in [1.165, 1.54) is 13.2 Å². The first kappa shape index (κ1) is 8.54. The third-order valence-electron chi connectivity index (χ3n) is 1.53. The number of halogens is 1. The standard InChI is InChI=1S/C9H8FNO/c1-6-3-8(10)7(5-11)9(4-6)12-2/h3-4H,1-2H3. The van der Waals surface area contributed by atoms with E-state index in [4.69, 9.17) is 10.00 Å². The highest BCUT2D eigenvalue weighted by molar-refractivity contribution is 5.46. The minimum absolute atomic E-state index is 0.0388. The highest BCUT2D eigenvalue weighted by Gasteiger charge is 2.08. The maximum Gasteiger partial charge on any atom is 0.145 e. The Labute approximate surface area is 70.2 Å². The second-order valence-corrected chi connectivity index (χ2v) is 2.44. The van der Waals surface area contributed by atoms with Gasteiger partial charge in [0.15, 0.2) is 0 Å². The van der Waals surface area contributed by atoms with Crippen molar-refractivity contribution in [3.05, 3.63) is 29.1 Å². The summed E-state index contributed by atoms with van der Waals surface area (Å²) < 4.78 is 17.8. The molecule has 0 fully saturated rings. The van der Waals surface area contributed by atoms with E-state index in [1.807, 2.05) is 0 Å². The summed E-state index contributed by atoms with van der Waals surface area (Å²) in [6.45, 7) is 1.74. The average Bonchev–Trinajstić information content (AvgIpc) is 2.03. The molecule has 0 saturated heterocycles. The zero-order valence-corrected chi connectivity index (χ0v) is 6.89. The summed E-state index contributed by atoms with van der Waals surface area (Å²) >= 11 is 0. The molecule has 2 nitrogen and oxygen atoms in total. The summed E-state index contributed by atoms with van der Waals surface area (Å²) in [5.74, 6) is -0.246. The van der Waals surface area contributed by atoms with Gasteiger partial charge in [-0.05, 0) is 24.6 Å². The molecule has 0 amide bonds. The smallest absolute Gasteiger partial charge is 0.145 e. The summed E-state index contributed by atoms with van der Waals surface area (Å²) in [5.41, 5.74) is 0.700. The summed E-state index contributed by atoms with van der Waals surface area (Å²) in [5, 5.41) is 8.55. The van der Waals surface area contributed by atoms with Crippen molar-refractivity contribution in [2.24, 2.45) is 0 Å². The van der Waals surface area contributed by atoms with Gasteiger partial charge in [0.05, 0.1) is 7.11 Å². The molecule has 1 aromatic carbocycles. The molecule has 1 rings (SSSR count). The van der Waals surface area contributed by atoms with Crippen LogP contribution in [0.15, 0.2) is 12.1 Å². The monoisotopic (exact) mass is 165 g/mol. The Kier molecular flexibility index (Phi) is 2.29. The number of hydrogen-bond acceptors (Lipinski definition) is 2. The molecular formula is C9H8FNO. The van der Waals surface area contributed by atoms with E-state index in [9.17, 15) is 4.39 Å². The fourth-order valence-corrected chi connectivity index (χ4v) is 0.980. The predicted octanol–water partition coefficient (Wildman–Crippen LogP) is 2.01. The van der Waals surface area contributed by atoms with Crippen LogP contribution in [0.2, 0.25) is 0 Å². The Bertz CT molecular complexity index is 341. The predicted molar refractivity (Wildman–Crippen MR) is 42.4 cm³/mol. The third-order valence-corrected chi connectivity index (χ3v) is 1.53. The average molecular weight is 165 g/mol. The van der Waals surface area contributed by atoms with E-state index in [-0.39, 0.29) is 11.3 Å². The van der Waals surface area contributed by atoms with E-state index in [1.54, 1.807) is 19.1 Å². The van der Waals surface area contributed by atoms with Crippen molar-refractivity contribution in [2.45, 2.75) is 6.92 Å². The lowest BCUT2D eigenvalue weighted by Gasteiger charge is -2.03. The van der Waals surface area contributed by atoms with Crippen molar-refractivity contribution in [2.75, 3.05) is 7.11 Å². The Balaban J connectivity index is 3.36.